The van der Waals surface area contributed by atoms with Gasteiger partial charge in [0.2, 0.25) is 0 Å². The van der Waals surface area contributed by atoms with E-state index in [1.807, 2.05) is 0 Å². The molecule has 1 radical (unpaired) electrons. The second kappa shape index (κ2) is 2.64. The largest absolute Gasteiger partial charge is 0.507 e. The van der Waals surface area contributed by atoms with E-state index in [4.69, 9.17) is 5.11 Å². The maximum atomic E-state index is 11.9. The fourth-order valence-electron chi connectivity index (χ4n) is 0.618. The fourth-order valence-corrected chi connectivity index (χ4v) is 0.618. The molecular formula is C7H5F2O. The van der Waals surface area contributed by atoms with Crippen molar-refractivity contribution >= 4 is 0 Å². The number of phenolic OH excluding ortho intramolecular Hbond substituents is 1. The normalized spacial score (nSPS) is 10.3. The Morgan fingerprint density at radius 2 is 2.20 bits per heavy atom. The lowest BCUT2D eigenvalue weighted by Crippen LogP contribution is -1.82. The Kier molecular flexibility index (Phi) is 1.85. The number of phenols is 1. The summed E-state index contributed by atoms with van der Waals surface area (Å²) in [6.07, 6.45) is -2.62. The van der Waals surface area contributed by atoms with E-state index in [0.29, 0.717) is 0 Å². The van der Waals surface area contributed by atoms with E-state index < -0.39 is 12.2 Å². The van der Waals surface area contributed by atoms with Crippen LogP contribution >= 0.6 is 0 Å². The molecule has 0 aromatic heterocycles. The molecule has 0 fully saturated rings. The zero-order chi connectivity index (χ0) is 7.56. The number of alkyl halides is 2. The third kappa shape index (κ3) is 1.23. The molecule has 0 aliphatic rings. The van der Waals surface area contributed by atoms with Gasteiger partial charge in [-0.1, -0.05) is 6.07 Å². The smallest absolute Gasteiger partial charge is 0.267 e. The molecule has 10 heavy (non-hydrogen) atoms. The van der Waals surface area contributed by atoms with Crippen molar-refractivity contribution in [1.29, 1.82) is 0 Å². The third-order valence-electron chi connectivity index (χ3n) is 1.11. The lowest BCUT2D eigenvalue weighted by Gasteiger charge is -1.99. The van der Waals surface area contributed by atoms with Crippen LogP contribution in [0.1, 0.15) is 12.0 Å². The van der Waals surface area contributed by atoms with E-state index in [9.17, 15) is 8.78 Å². The van der Waals surface area contributed by atoms with Crippen molar-refractivity contribution in [2.75, 3.05) is 0 Å². The monoisotopic (exact) mass is 143 g/mol. The summed E-state index contributed by atoms with van der Waals surface area (Å²) in [6.45, 7) is 0. The number of hydrogen-bond acceptors (Lipinski definition) is 1. The minimum absolute atomic E-state index is 0.348. The Bertz CT molecular complexity index is 223. The average molecular weight is 143 g/mol. The van der Waals surface area contributed by atoms with E-state index in [2.05, 4.69) is 6.07 Å². The first-order valence-corrected chi connectivity index (χ1v) is 2.69. The quantitative estimate of drug-likeness (QED) is 0.638. The van der Waals surface area contributed by atoms with Crippen molar-refractivity contribution in [3.05, 3.63) is 29.8 Å². The van der Waals surface area contributed by atoms with Gasteiger partial charge >= 0.3 is 0 Å². The summed E-state index contributed by atoms with van der Waals surface area (Å²) in [6, 6.07) is 6.06. The summed E-state index contributed by atoms with van der Waals surface area (Å²) in [5.41, 5.74) is -0.348. The summed E-state index contributed by atoms with van der Waals surface area (Å²) in [4.78, 5) is 0. The Balaban J connectivity index is 3.03. The molecular weight excluding hydrogens is 138 g/mol. The van der Waals surface area contributed by atoms with Crippen LogP contribution < -0.4 is 0 Å². The second-order valence-corrected chi connectivity index (χ2v) is 1.79. The molecule has 0 spiro atoms. The van der Waals surface area contributed by atoms with Gasteiger partial charge in [0.05, 0.1) is 5.56 Å². The highest BCUT2D eigenvalue weighted by Crippen LogP contribution is 2.26. The van der Waals surface area contributed by atoms with E-state index in [0.717, 1.165) is 12.1 Å². The maximum absolute atomic E-state index is 11.9. The van der Waals surface area contributed by atoms with Gasteiger partial charge in [0.1, 0.15) is 5.75 Å². The average Bonchev–Trinajstić information content (AvgIpc) is 1.88. The SMILES string of the molecule is Oc1c[c]ccc1C(F)F. The van der Waals surface area contributed by atoms with Gasteiger partial charge in [-0.25, -0.2) is 8.78 Å². The van der Waals surface area contributed by atoms with Gasteiger partial charge in [0.25, 0.3) is 6.43 Å². The van der Waals surface area contributed by atoms with Gasteiger partial charge in [-0.3, -0.25) is 0 Å². The molecule has 0 saturated heterocycles. The zero-order valence-corrected chi connectivity index (χ0v) is 5.01. The Labute approximate surface area is 56.9 Å². The van der Waals surface area contributed by atoms with Gasteiger partial charge in [-0.2, -0.15) is 0 Å². The van der Waals surface area contributed by atoms with Crippen LogP contribution in [-0.2, 0) is 0 Å². The molecule has 0 unspecified atom stereocenters. The van der Waals surface area contributed by atoms with Crippen molar-refractivity contribution in [3.63, 3.8) is 0 Å². The van der Waals surface area contributed by atoms with E-state index >= 15 is 0 Å². The van der Waals surface area contributed by atoms with Crippen LogP contribution in [0.4, 0.5) is 8.78 Å². The highest BCUT2D eigenvalue weighted by Gasteiger charge is 2.09. The van der Waals surface area contributed by atoms with E-state index in [1.165, 1.54) is 6.07 Å². The molecule has 0 aliphatic carbocycles. The molecule has 1 aromatic rings. The van der Waals surface area contributed by atoms with Crippen molar-refractivity contribution in [2.24, 2.45) is 0 Å². The maximum Gasteiger partial charge on any atom is 0.267 e. The topological polar surface area (TPSA) is 20.2 Å². The van der Waals surface area contributed by atoms with Crippen molar-refractivity contribution in [1.82, 2.24) is 0 Å². The molecule has 0 amide bonds. The molecule has 1 N–H and O–H groups in total. The summed E-state index contributed by atoms with van der Waals surface area (Å²) in [5.74, 6) is -0.405. The Morgan fingerprint density at radius 3 is 2.60 bits per heavy atom. The summed E-state index contributed by atoms with van der Waals surface area (Å²) in [5, 5.41) is 8.77. The van der Waals surface area contributed by atoms with E-state index in [1.54, 1.807) is 0 Å². The fraction of sp³-hybridized carbons (Fsp3) is 0.143. The molecule has 1 aromatic carbocycles. The molecule has 0 atom stereocenters. The van der Waals surface area contributed by atoms with Crippen LogP contribution in [0.25, 0.3) is 0 Å². The first kappa shape index (κ1) is 6.99. The molecule has 53 valence electrons. The van der Waals surface area contributed by atoms with Gasteiger partial charge in [0, 0.05) is 0 Å². The van der Waals surface area contributed by atoms with Gasteiger partial charge in [-0.05, 0) is 18.2 Å². The highest BCUT2D eigenvalue weighted by atomic mass is 19.3. The standard InChI is InChI=1S/C7H5F2O/c8-7(9)5-3-1-2-4-6(5)10/h1,3-4,7,10H. The van der Waals surface area contributed by atoms with Gasteiger partial charge in [-0.15, -0.1) is 0 Å². The van der Waals surface area contributed by atoms with Crippen molar-refractivity contribution < 1.29 is 13.9 Å². The van der Waals surface area contributed by atoms with Gasteiger partial charge < -0.3 is 5.11 Å². The molecule has 0 aliphatic heterocycles. The number of aromatic hydroxyl groups is 1. The van der Waals surface area contributed by atoms with Crippen LogP contribution in [0, 0.1) is 6.07 Å². The predicted molar refractivity (Wildman–Crippen MR) is 31.9 cm³/mol. The Morgan fingerprint density at radius 1 is 1.50 bits per heavy atom. The van der Waals surface area contributed by atoms with Crippen LogP contribution in [0.15, 0.2) is 18.2 Å². The molecule has 0 bridgehead atoms. The summed E-state index contributed by atoms with van der Waals surface area (Å²) in [7, 11) is 0. The molecule has 1 rings (SSSR count). The highest BCUT2D eigenvalue weighted by molar-refractivity contribution is 5.31. The molecule has 0 heterocycles. The lowest BCUT2D eigenvalue weighted by molar-refractivity contribution is 0.147. The van der Waals surface area contributed by atoms with Crippen molar-refractivity contribution in [2.45, 2.75) is 6.43 Å². The zero-order valence-electron chi connectivity index (χ0n) is 5.01. The van der Waals surface area contributed by atoms with Crippen molar-refractivity contribution in [3.8, 4) is 5.75 Å². The summed E-state index contributed by atoms with van der Waals surface area (Å²) < 4.78 is 23.7. The summed E-state index contributed by atoms with van der Waals surface area (Å²) >= 11 is 0. The number of hydrogen-bond donors (Lipinski definition) is 1. The number of halogens is 2. The minimum atomic E-state index is -2.62. The van der Waals surface area contributed by atoms with E-state index in [-0.39, 0.29) is 5.56 Å². The molecule has 1 nitrogen and oxygen atoms in total. The molecule has 0 saturated carbocycles. The van der Waals surface area contributed by atoms with Crippen LogP contribution in [0.5, 0.6) is 5.75 Å². The van der Waals surface area contributed by atoms with Crippen LogP contribution in [0.3, 0.4) is 0 Å². The minimum Gasteiger partial charge on any atom is -0.507 e. The predicted octanol–water partition coefficient (Wildman–Crippen LogP) is 2.13. The van der Waals surface area contributed by atoms with Crippen LogP contribution in [-0.4, -0.2) is 5.11 Å². The first-order valence-electron chi connectivity index (χ1n) is 2.69. The van der Waals surface area contributed by atoms with Gasteiger partial charge in [0.15, 0.2) is 0 Å². The third-order valence-corrected chi connectivity index (χ3v) is 1.11. The molecule has 3 heteroatoms. The number of benzene rings is 1. The Hall–Kier alpha value is -1.12. The second-order valence-electron chi connectivity index (χ2n) is 1.79. The number of rotatable bonds is 1. The lowest BCUT2D eigenvalue weighted by atomic mass is 10.2. The first-order chi connectivity index (χ1) is 4.72. The van der Waals surface area contributed by atoms with Crippen LogP contribution in [0.2, 0.25) is 0 Å².